The number of aromatic nitrogens is 2. The van der Waals surface area contributed by atoms with Gasteiger partial charge in [-0.2, -0.15) is 0 Å². The molecular weight excluding hydrogens is 799 g/mol. The molecule has 1 aromatic heterocycles. The molecule has 12 N–H and O–H groups in total. The van der Waals surface area contributed by atoms with Gasteiger partial charge in [0, 0.05) is 60.4 Å². The number of hydrogen-bond acceptors (Lipinski definition) is 11. The van der Waals surface area contributed by atoms with E-state index in [0.717, 1.165) is 0 Å². The molecule has 0 aliphatic rings. The second-order valence-electron chi connectivity index (χ2n) is 14.2. The Bertz CT molecular complexity index is 1890. The lowest BCUT2D eigenvalue weighted by molar-refractivity contribution is -0.142. The third kappa shape index (κ3) is 17.5. The normalized spacial score (nSPS) is 14.5. The summed E-state index contributed by atoms with van der Waals surface area (Å²) >= 11 is 0. The number of benzene rings is 2. The van der Waals surface area contributed by atoms with E-state index in [1.54, 1.807) is 60.7 Å². The zero-order valence-electron chi connectivity index (χ0n) is 33.3. The Kier molecular flexibility index (Phi) is 20.5. The molecule has 0 saturated carbocycles. The van der Waals surface area contributed by atoms with Crippen molar-refractivity contribution in [2.75, 3.05) is 18.6 Å². The van der Waals surface area contributed by atoms with E-state index >= 15 is 0 Å². The quantitative estimate of drug-likeness (QED) is 0.0414. The molecule has 60 heavy (non-hydrogen) atoms. The predicted molar refractivity (Wildman–Crippen MR) is 221 cm³/mol. The number of carbonyl (C=O) groups is 7. The van der Waals surface area contributed by atoms with E-state index in [-0.39, 0.29) is 44.3 Å². The van der Waals surface area contributed by atoms with Gasteiger partial charge in [-0.05, 0) is 49.8 Å². The van der Waals surface area contributed by atoms with Gasteiger partial charge >= 0.3 is 11.9 Å². The fourth-order valence-electron chi connectivity index (χ4n) is 6.02. The average molecular weight is 854 g/mol. The molecule has 0 spiro atoms. The van der Waals surface area contributed by atoms with Gasteiger partial charge in [-0.25, -0.2) is 9.78 Å². The lowest BCUT2D eigenvalue weighted by Gasteiger charge is -2.27. The molecule has 0 radical (unpaired) electrons. The van der Waals surface area contributed by atoms with Crippen molar-refractivity contribution in [3.63, 3.8) is 0 Å². The van der Waals surface area contributed by atoms with Crippen molar-refractivity contribution in [1.82, 2.24) is 36.6 Å². The highest BCUT2D eigenvalue weighted by molar-refractivity contribution is 7.84. The number of aromatic amines is 1. The molecule has 7 atom stereocenters. The summed E-state index contributed by atoms with van der Waals surface area (Å²) in [6.45, 7) is 0.304. The Morgan fingerprint density at radius 2 is 1.15 bits per heavy atom. The number of H-pyrrole nitrogens is 1. The molecular formula is C40H55N9O10S. The van der Waals surface area contributed by atoms with Gasteiger partial charge in [0.2, 0.25) is 29.5 Å². The fourth-order valence-corrected chi connectivity index (χ4v) is 6.61. The molecule has 0 unspecified atom stereocenters. The third-order valence-corrected chi connectivity index (χ3v) is 10.1. The van der Waals surface area contributed by atoms with Crippen LogP contribution < -0.4 is 38.1 Å². The highest BCUT2D eigenvalue weighted by Gasteiger charge is 2.33. The summed E-state index contributed by atoms with van der Waals surface area (Å²) in [4.78, 5) is 99.2. The number of amides is 5. The minimum absolute atomic E-state index is 0.0177. The number of carboxylic acid groups (broad SMARTS) is 2. The average Bonchev–Trinajstić information content (AvgIpc) is 3.74. The molecule has 3 rings (SSSR count). The van der Waals surface area contributed by atoms with E-state index in [0.29, 0.717) is 36.2 Å². The topological polar surface area (TPSA) is 318 Å². The van der Waals surface area contributed by atoms with Gasteiger partial charge in [0.1, 0.15) is 30.2 Å². The molecule has 0 aliphatic carbocycles. The van der Waals surface area contributed by atoms with Gasteiger partial charge in [0.15, 0.2) is 0 Å². The summed E-state index contributed by atoms with van der Waals surface area (Å²) in [6.07, 6.45) is 4.09. The lowest BCUT2D eigenvalue weighted by Crippen LogP contribution is -2.60. The molecule has 3 aromatic rings. The van der Waals surface area contributed by atoms with Crippen molar-refractivity contribution in [1.29, 1.82) is 0 Å². The largest absolute Gasteiger partial charge is 0.481 e. The molecule has 0 saturated heterocycles. The number of rotatable bonds is 27. The molecule has 0 fully saturated rings. The maximum Gasteiger partial charge on any atom is 0.326 e. The van der Waals surface area contributed by atoms with Crippen molar-refractivity contribution >= 4 is 52.3 Å². The molecule has 326 valence electrons. The number of carbonyl (C=O) groups excluding carboxylic acids is 5. The first kappa shape index (κ1) is 48.4. The number of nitrogens with zero attached hydrogens (tertiary/aromatic N) is 1. The summed E-state index contributed by atoms with van der Waals surface area (Å²) in [7, 11) is -1.25. The number of nitrogens with one attached hydrogen (secondary N) is 6. The molecule has 19 nitrogen and oxygen atoms in total. The van der Waals surface area contributed by atoms with Crippen LogP contribution in [0.25, 0.3) is 0 Å². The highest BCUT2D eigenvalue weighted by atomic mass is 32.2. The first-order valence-electron chi connectivity index (χ1n) is 19.4. The first-order chi connectivity index (χ1) is 28.7. The molecule has 1 heterocycles. The maximum absolute atomic E-state index is 14.2. The summed E-state index contributed by atoms with van der Waals surface area (Å²) < 4.78 is 11.6. The van der Waals surface area contributed by atoms with Crippen LogP contribution in [0.4, 0.5) is 0 Å². The van der Waals surface area contributed by atoms with Gasteiger partial charge in [-0.3, -0.25) is 33.0 Å². The van der Waals surface area contributed by atoms with Crippen LogP contribution in [0.1, 0.15) is 55.3 Å². The SMILES string of the molecule is C[S@@](=O)CC[C@H](N)C(=O)N[C@@H](CCC(=O)O)C(=O)N[C@@H](Cc1cnc[nH]1)C(=O)N[C@@H](Cc1ccccc1)C(=O)N[C@H](CCCCN)C(=O)N[C@@H](Cc1ccccc1)C(=O)O. The van der Waals surface area contributed by atoms with Gasteiger partial charge in [0.05, 0.1) is 12.4 Å². The van der Waals surface area contributed by atoms with Crippen molar-refractivity contribution < 1.29 is 48.0 Å². The zero-order chi connectivity index (χ0) is 44.0. The third-order valence-electron chi connectivity index (χ3n) is 9.34. The van der Waals surface area contributed by atoms with Crippen LogP contribution in [-0.4, -0.2) is 121 Å². The monoisotopic (exact) mass is 853 g/mol. The minimum atomic E-state index is -1.45. The number of aliphatic carboxylic acids is 2. The van der Waals surface area contributed by atoms with Crippen LogP contribution in [0, 0.1) is 0 Å². The van der Waals surface area contributed by atoms with E-state index in [9.17, 15) is 48.0 Å². The number of nitrogens with two attached hydrogens (primary N) is 2. The smallest absolute Gasteiger partial charge is 0.326 e. The summed E-state index contributed by atoms with van der Waals surface area (Å²) in [5, 5.41) is 32.2. The lowest BCUT2D eigenvalue weighted by atomic mass is 10.0. The molecule has 20 heteroatoms. The Morgan fingerprint density at radius 1 is 0.667 bits per heavy atom. The highest BCUT2D eigenvalue weighted by Crippen LogP contribution is 2.11. The van der Waals surface area contributed by atoms with Crippen LogP contribution in [0.3, 0.4) is 0 Å². The van der Waals surface area contributed by atoms with Crippen molar-refractivity contribution in [3.8, 4) is 0 Å². The van der Waals surface area contributed by atoms with E-state index < -0.39 is 94.9 Å². The van der Waals surface area contributed by atoms with E-state index in [4.69, 9.17) is 11.5 Å². The van der Waals surface area contributed by atoms with Crippen molar-refractivity contribution in [2.45, 2.75) is 94.0 Å². The second-order valence-corrected chi connectivity index (χ2v) is 15.7. The van der Waals surface area contributed by atoms with Crippen LogP contribution in [-0.2, 0) is 63.6 Å². The Labute approximate surface area is 350 Å². The van der Waals surface area contributed by atoms with Gasteiger partial charge < -0.3 is 53.2 Å². The fraction of sp³-hybridized carbons (Fsp3) is 0.450. The van der Waals surface area contributed by atoms with Crippen molar-refractivity contribution in [3.05, 3.63) is 90.0 Å². The standard InChI is InChI=1S/C40H55N9O10S/c1-60(59)19-17-28(42)35(52)45-30(15-16-34(50)51)37(54)48-32(22-27-23-43-24-44-27)39(56)47-31(20-25-10-4-2-5-11-25)38(55)46-29(14-8-9-18-41)36(53)49-33(40(57)58)21-26-12-6-3-7-13-26/h2-7,10-13,23-24,28-33H,8-9,14-22,41-42H2,1H3,(H,43,44)(H,45,52)(H,46,55)(H,47,56)(H,48,54)(H,49,53)(H,50,51)(H,57,58)/t28-,29+,30-,31-,32-,33-,60+/m0/s1. The molecule has 0 aliphatic heterocycles. The van der Waals surface area contributed by atoms with Gasteiger partial charge in [-0.1, -0.05) is 60.7 Å². The van der Waals surface area contributed by atoms with E-state index in [2.05, 4.69) is 36.6 Å². The van der Waals surface area contributed by atoms with E-state index in [1.165, 1.54) is 18.8 Å². The van der Waals surface area contributed by atoms with Crippen LogP contribution in [0.5, 0.6) is 0 Å². The van der Waals surface area contributed by atoms with Crippen LogP contribution in [0.2, 0.25) is 0 Å². The number of carboxylic acids is 2. The van der Waals surface area contributed by atoms with Crippen LogP contribution in [0.15, 0.2) is 73.2 Å². The predicted octanol–water partition coefficient (Wildman–Crippen LogP) is -0.964. The molecule has 0 bridgehead atoms. The Hall–Kier alpha value is -5.99. The maximum atomic E-state index is 14.2. The molecule has 5 amide bonds. The second kappa shape index (κ2) is 25.5. The van der Waals surface area contributed by atoms with E-state index in [1.807, 2.05) is 0 Å². The number of imidazole rings is 1. The number of unbranched alkanes of at least 4 members (excludes halogenated alkanes) is 1. The Balaban J connectivity index is 1.89. The van der Waals surface area contributed by atoms with Gasteiger partial charge in [-0.15, -0.1) is 0 Å². The number of hydrogen-bond donors (Lipinski definition) is 10. The minimum Gasteiger partial charge on any atom is -0.481 e. The molecule has 2 aromatic carbocycles. The summed E-state index contributed by atoms with van der Waals surface area (Å²) in [5.74, 6) is -6.51. The first-order valence-corrected chi connectivity index (χ1v) is 21.2. The van der Waals surface area contributed by atoms with Gasteiger partial charge in [0.25, 0.3) is 0 Å². The summed E-state index contributed by atoms with van der Waals surface area (Å²) in [5.41, 5.74) is 13.3. The van der Waals surface area contributed by atoms with Crippen molar-refractivity contribution in [2.24, 2.45) is 11.5 Å². The summed E-state index contributed by atoms with van der Waals surface area (Å²) in [6, 6.07) is 9.48. The zero-order valence-corrected chi connectivity index (χ0v) is 34.2. The van der Waals surface area contributed by atoms with Crippen LogP contribution >= 0.6 is 0 Å². The Morgan fingerprint density at radius 3 is 1.65 bits per heavy atom.